The summed E-state index contributed by atoms with van der Waals surface area (Å²) in [5, 5.41) is 2.94. The van der Waals surface area contributed by atoms with Crippen molar-refractivity contribution in [1.82, 2.24) is 0 Å². The number of hydrogen-bond donors (Lipinski definition) is 0. The third-order valence-corrected chi connectivity index (χ3v) is 9.12. The highest BCUT2D eigenvalue weighted by Crippen LogP contribution is 2.32. The fourth-order valence-corrected chi connectivity index (χ4v) is 6.74. The molecule has 1 unspecified atom stereocenters. The molecule has 0 spiro atoms. The smallest absolute Gasteiger partial charge is 0.273 e. The Morgan fingerprint density at radius 2 is 2.19 bits per heavy atom. The summed E-state index contributed by atoms with van der Waals surface area (Å²) in [4.78, 5) is 15.3. The zero-order chi connectivity index (χ0) is 19.0. The number of hydrogen-bond acceptors (Lipinski definition) is 6. The first kappa shape index (κ1) is 18.5. The number of fused-ring (bicyclic) bond motifs is 1. The molecule has 0 fully saturated rings. The third kappa shape index (κ3) is 3.39. The van der Waals surface area contributed by atoms with Crippen LogP contribution in [0.15, 0.2) is 50.4 Å². The zero-order valence-electron chi connectivity index (χ0n) is 14.7. The molecular weight excluding hydrogens is 399 g/mol. The SMILES string of the molecule is CN(c1cccc2c1BC(C1=NCC(CC=O)S1)=C2)S(=O)(=O)c1cccs1. The molecular formula is C18H17BN2O3S3. The van der Waals surface area contributed by atoms with Crippen LogP contribution in [0.3, 0.4) is 0 Å². The second kappa shape index (κ2) is 7.29. The molecule has 0 aliphatic carbocycles. The zero-order valence-corrected chi connectivity index (χ0v) is 17.1. The van der Waals surface area contributed by atoms with E-state index < -0.39 is 10.0 Å². The normalized spacial score (nSPS) is 18.5. The van der Waals surface area contributed by atoms with Gasteiger partial charge in [-0.15, -0.1) is 23.1 Å². The van der Waals surface area contributed by atoms with Crippen LogP contribution in [0, 0.1) is 0 Å². The van der Waals surface area contributed by atoms with Gasteiger partial charge in [-0.2, -0.15) is 0 Å². The number of rotatable bonds is 6. The Morgan fingerprint density at radius 1 is 1.33 bits per heavy atom. The van der Waals surface area contributed by atoms with Crippen molar-refractivity contribution in [1.29, 1.82) is 0 Å². The molecule has 1 atom stereocenters. The summed E-state index contributed by atoms with van der Waals surface area (Å²) >= 11 is 2.86. The van der Waals surface area contributed by atoms with Crippen LogP contribution in [0.4, 0.5) is 5.69 Å². The summed E-state index contributed by atoms with van der Waals surface area (Å²) in [5.74, 6) is 0. The number of carbonyl (C=O) groups is 1. The van der Waals surface area contributed by atoms with E-state index in [1.165, 1.54) is 15.6 Å². The van der Waals surface area contributed by atoms with Gasteiger partial charge in [-0.1, -0.05) is 24.3 Å². The molecule has 1 aromatic heterocycles. The summed E-state index contributed by atoms with van der Waals surface area (Å²) in [6.07, 6.45) is 3.53. The number of nitrogens with zero attached hydrogens (tertiary/aromatic N) is 2. The fourth-order valence-electron chi connectivity index (χ4n) is 3.28. The summed E-state index contributed by atoms with van der Waals surface area (Å²) in [5.41, 5.74) is 3.81. The van der Waals surface area contributed by atoms with Gasteiger partial charge in [-0.25, -0.2) is 8.42 Å². The van der Waals surface area contributed by atoms with Gasteiger partial charge >= 0.3 is 0 Å². The van der Waals surface area contributed by atoms with Crippen LogP contribution in [-0.4, -0.2) is 45.9 Å². The van der Waals surface area contributed by atoms with E-state index in [-0.39, 0.29) is 5.25 Å². The van der Waals surface area contributed by atoms with Crippen LogP contribution in [0.25, 0.3) is 6.08 Å². The monoisotopic (exact) mass is 416 g/mol. The number of sulfonamides is 1. The molecule has 138 valence electrons. The van der Waals surface area contributed by atoms with Crippen molar-refractivity contribution < 1.29 is 13.2 Å². The van der Waals surface area contributed by atoms with E-state index in [2.05, 4.69) is 11.1 Å². The lowest BCUT2D eigenvalue weighted by Gasteiger charge is -2.21. The number of thioether (sulfide) groups is 1. The number of thiophene rings is 1. The third-order valence-electron chi connectivity index (χ3n) is 4.68. The van der Waals surface area contributed by atoms with E-state index in [1.807, 2.05) is 18.2 Å². The Kier molecular flexibility index (Phi) is 5.00. The molecule has 0 N–H and O–H groups in total. The topological polar surface area (TPSA) is 66.8 Å². The van der Waals surface area contributed by atoms with E-state index in [0.717, 1.165) is 27.8 Å². The number of anilines is 1. The van der Waals surface area contributed by atoms with Gasteiger partial charge in [-0.3, -0.25) is 9.30 Å². The molecule has 1 aromatic carbocycles. The molecule has 0 radical (unpaired) electrons. The predicted octanol–water partition coefficient (Wildman–Crippen LogP) is 2.09. The molecule has 2 aromatic rings. The molecule has 0 bridgehead atoms. The van der Waals surface area contributed by atoms with Crippen molar-refractivity contribution >= 4 is 69.0 Å². The number of aldehydes is 1. The summed E-state index contributed by atoms with van der Waals surface area (Å²) < 4.78 is 27.5. The second-order valence-corrected chi connectivity index (χ2v) is 10.8. The van der Waals surface area contributed by atoms with Crippen LogP contribution < -0.4 is 9.77 Å². The molecule has 27 heavy (non-hydrogen) atoms. The van der Waals surface area contributed by atoms with Gasteiger partial charge in [0.1, 0.15) is 10.5 Å². The van der Waals surface area contributed by atoms with E-state index in [9.17, 15) is 13.2 Å². The van der Waals surface area contributed by atoms with E-state index in [1.54, 1.807) is 36.3 Å². The molecule has 0 saturated heterocycles. The predicted molar refractivity (Wildman–Crippen MR) is 115 cm³/mol. The van der Waals surface area contributed by atoms with Crippen LogP contribution in [0.1, 0.15) is 12.0 Å². The standard InChI is InChI=1S/C18H17BN2O3S3/c1-21(27(23,24)16-6-3-9-25-16)15-5-2-4-12-10-14(19-17(12)15)18-20-11-13(26-18)7-8-22/h2-6,8-10,13,19H,7,11H2,1H3. The number of aliphatic imine (C=N–C) groups is 1. The largest absolute Gasteiger partial charge is 0.303 e. The summed E-state index contributed by atoms with van der Waals surface area (Å²) in [7, 11) is -1.32. The first-order chi connectivity index (χ1) is 13.0. The summed E-state index contributed by atoms with van der Waals surface area (Å²) in [6, 6.07) is 9.10. The fraction of sp³-hybridized carbons (Fsp3) is 0.222. The van der Waals surface area contributed by atoms with Crippen LogP contribution >= 0.6 is 23.1 Å². The molecule has 2 aliphatic heterocycles. The van der Waals surface area contributed by atoms with Gasteiger partial charge < -0.3 is 4.79 Å². The van der Waals surface area contributed by atoms with Crippen molar-refractivity contribution in [3.63, 3.8) is 0 Å². The van der Waals surface area contributed by atoms with Crippen molar-refractivity contribution in [3.8, 4) is 0 Å². The van der Waals surface area contributed by atoms with Crippen LogP contribution in [0.5, 0.6) is 0 Å². The highest BCUT2D eigenvalue weighted by molar-refractivity contribution is 8.15. The van der Waals surface area contributed by atoms with Gasteiger partial charge in [0.2, 0.25) is 0 Å². The van der Waals surface area contributed by atoms with Gasteiger partial charge in [0, 0.05) is 24.4 Å². The Morgan fingerprint density at radius 3 is 2.93 bits per heavy atom. The first-order valence-electron chi connectivity index (χ1n) is 8.50. The van der Waals surface area contributed by atoms with Crippen molar-refractivity contribution in [2.75, 3.05) is 17.9 Å². The molecule has 0 amide bonds. The highest BCUT2D eigenvalue weighted by Gasteiger charge is 2.30. The van der Waals surface area contributed by atoms with Gasteiger partial charge in [-0.05, 0) is 34.0 Å². The lowest BCUT2D eigenvalue weighted by atomic mass is 9.66. The molecule has 0 saturated carbocycles. The molecule has 9 heteroatoms. The van der Waals surface area contributed by atoms with E-state index in [4.69, 9.17) is 0 Å². The second-order valence-electron chi connectivity index (χ2n) is 6.38. The Hall–Kier alpha value is -1.84. The van der Waals surface area contributed by atoms with Crippen molar-refractivity contribution in [3.05, 3.63) is 46.7 Å². The van der Waals surface area contributed by atoms with Crippen molar-refractivity contribution in [2.24, 2.45) is 4.99 Å². The maximum Gasteiger partial charge on any atom is 0.273 e. The van der Waals surface area contributed by atoms with Gasteiger partial charge in [0.25, 0.3) is 10.0 Å². The van der Waals surface area contributed by atoms with E-state index in [0.29, 0.717) is 30.1 Å². The molecule has 4 rings (SSSR count). The quantitative estimate of drug-likeness (QED) is 0.534. The average molecular weight is 416 g/mol. The minimum atomic E-state index is -3.57. The van der Waals surface area contributed by atoms with Crippen LogP contribution in [0.2, 0.25) is 0 Å². The average Bonchev–Trinajstić information content (AvgIpc) is 3.39. The van der Waals surface area contributed by atoms with Gasteiger partial charge in [0.15, 0.2) is 7.28 Å². The molecule has 3 heterocycles. The highest BCUT2D eigenvalue weighted by atomic mass is 32.2. The summed E-state index contributed by atoms with van der Waals surface area (Å²) in [6.45, 7) is 0.659. The minimum Gasteiger partial charge on any atom is -0.303 e. The minimum absolute atomic E-state index is 0.212. The van der Waals surface area contributed by atoms with Crippen LogP contribution in [-0.2, 0) is 14.8 Å². The Balaban J connectivity index is 1.61. The number of benzene rings is 1. The molecule has 2 aliphatic rings. The van der Waals surface area contributed by atoms with Gasteiger partial charge in [0.05, 0.1) is 11.6 Å². The Bertz CT molecular complexity index is 1050. The van der Waals surface area contributed by atoms with Crippen molar-refractivity contribution in [2.45, 2.75) is 15.9 Å². The maximum absolute atomic E-state index is 12.9. The lowest BCUT2D eigenvalue weighted by molar-refractivity contribution is -0.107. The maximum atomic E-state index is 12.9. The lowest BCUT2D eigenvalue weighted by Crippen LogP contribution is -2.32. The molecule has 5 nitrogen and oxygen atoms in total. The first-order valence-corrected chi connectivity index (χ1v) is 11.7. The number of carbonyl (C=O) groups excluding carboxylic acids is 1. The van der Waals surface area contributed by atoms with E-state index >= 15 is 0 Å². The Labute approximate surface area is 167 Å².